The number of hydrogen-bond acceptors (Lipinski definition) is 7. The van der Waals surface area contributed by atoms with Crippen LogP contribution in [0.5, 0.6) is 5.88 Å². The van der Waals surface area contributed by atoms with Gasteiger partial charge in [0.15, 0.2) is 0 Å². The molecule has 0 saturated carbocycles. The van der Waals surface area contributed by atoms with Crippen LogP contribution in [-0.2, 0) is 36.0 Å². The molecule has 2 aromatic heterocycles. The summed E-state index contributed by atoms with van der Waals surface area (Å²) >= 11 is 0. The molecule has 1 atom stereocenters. The Bertz CT molecular complexity index is 834. The minimum atomic E-state index is -3.26. The second-order valence-electron chi connectivity index (χ2n) is 6.12. The number of sulfonamides is 1. The lowest BCUT2D eigenvalue weighted by Crippen LogP contribution is -2.34. The largest absolute Gasteiger partial charge is 0.481 e. The average Bonchev–Trinajstić information content (AvgIpc) is 3.00. The second kappa shape index (κ2) is 7.51. The van der Waals surface area contributed by atoms with E-state index in [9.17, 15) is 8.42 Å². The van der Waals surface area contributed by atoms with E-state index in [-0.39, 0.29) is 12.6 Å². The van der Waals surface area contributed by atoms with Crippen molar-refractivity contribution in [3.8, 4) is 5.88 Å². The Balaban J connectivity index is 1.63. The van der Waals surface area contributed by atoms with Crippen LogP contribution < -0.4 is 14.8 Å². The summed E-state index contributed by atoms with van der Waals surface area (Å²) in [4.78, 5) is 4.20. The summed E-state index contributed by atoms with van der Waals surface area (Å²) in [6.07, 6.45) is 5.30. The molecular weight excluding hydrogens is 344 g/mol. The maximum Gasteiger partial charge on any atom is 0.217 e. The third kappa shape index (κ3) is 4.56. The molecule has 25 heavy (non-hydrogen) atoms. The molecule has 1 unspecified atom stereocenters. The molecule has 0 amide bonds. The molecular formula is C16H22N4O4S. The van der Waals surface area contributed by atoms with Crippen molar-refractivity contribution >= 4 is 10.0 Å². The van der Waals surface area contributed by atoms with Gasteiger partial charge in [-0.2, -0.15) is 0 Å². The number of methoxy groups -OCH3 is 1. The first-order valence-electron chi connectivity index (χ1n) is 8.08. The fourth-order valence-corrected chi connectivity index (χ4v) is 3.37. The van der Waals surface area contributed by atoms with E-state index in [2.05, 4.69) is 20.2 Å². The highest BCUT2D eigenvalue weighted by atomic mass is 32.2. The zero-order valence-electron chi connectivity index (χ0n) is 14.3. The third-order valence-corrected chi connectivity index (χ3v) is 4.92. The molecule has 3 rings (SSSR count). The van der Waals surface area contributed by atoms with E-state index in [0.717, 1.165) is 42.4 Å². The van der Waals surface area contributed by atoms with Gasteiger partial charge in [-0.25, -0.2) is 18.1 Å². The van der Waals surface area contributed by atoms with Crippen molar-refractivity contribution < 1.29 is 17.7 Å². The summed E-state index contributed by atoms with van der Waals surface area (Å²) in [5.74, 6) is 1.47. The molecule has 2 N–H and O–H groups in total. The first kappa shape index (κ1) is 17.8. The standard InChI is InChI=1S/C16H22N4O4S/c1-23-16-11(4-3-7-17-16)9-18-12-5-6-15-13(8-12)14(20-24-15)10-19-25(2,21)22/h3-4,7,12,18-19H,5-6,8-10H2,1-2H3. The number of hydrogen-bond donors (Lipinski definition) is 2. The van der Waals surface area contributed by atoms with Crippen molar-refractivity contribution in [3.63, 3.8) is 0 Å². The van der Waals surface area contributed by atoms with Crippen molar-refractivity contribution in [2.45, 2.75) is 38.4 Å². The number of aryl methyl sites for hydroxylation is 1. The van der Waals surface area contributed by atoms with E-state index >= 15 is 0 Å². The summed E-state index contributed by atoms with van der Waals surface area (Å²) in [6.45, 7) is 0.806. The number of fused-ring (bicyclic) bond motifs is 1. The molecule has 0 aliphatic heterocycles. The van der Waals surface area contributed by atoms with Gasteiger partial charge in [-0.15, -0.1) is 0 Å². The Morgan fingerprint density at radius 3 is 3.00 bits per heavy atom. The maximum absolute atomic E-state index is 11.3. The zero-order chi connectivity index (χ0) is 17.9. The van der Waals surface area contributed by atoms with Crippen molar-refractivity contribution in [2.75, 3.05) is 13.4 Å². The Morgan fingerprint density at radius 1 is 1.40 bits per heavy atom. The van der Waals surface area contributed by atoms with Crippen molar-refractivity contribution in [2.24, 2.45) is 0 Å². The number of pyridine rings is 1. The van der Waals surface area contributed by atoms with Gasteiger partial charge in [0.2, 0.25) is 15.9 Å². The van der Waals surface area contributed by atoms with Crippen LogP contribution in [0, 0.1) is 0 Å². The van der Waals surface area contributed by atoms with E-state index in [4.69, 9.17) is 9.26 Å². The fraction of sp³-hybridized carbons (Fsp3) is 0.500. The van der Waals surface area contributed by atoms with E-state index in [1.54, 1.807) is 13.3 Å². The monoisotopic (exact) mass is 366 g/mol. The highest BCUT2D eigenvalue weighted by Crippen LogP contribution is 2.25. The topological polar surface area (TPSA) is 106 Å². The summed E-state index contributed by atoms with van der Waals surface area (Å²) in [5.41, 5.74) is 2.66. The van der Waals surface area contributed by atoms with Gasteiger partial charge in [0.1, 0.15) is 11.5 Å². The van der Waals surface area contributed by atoms with E-state index < -0.39 is 10.0 Å². The lowest BCUT2D eigenvalue weighted by Gasteiger charge is -2.23. The van der Waals surface area contributed by atoms with Crippen molar-refractivity contribution in [1.82, 2.24) is 20.2 Å². The van der Waals surface area contributed by atoms with Gasteiger partial charge in [0.25, 0.3) is 0 Å². The fourth-order valence-electron chi connectivity index (χ4n) is 2.97. The minimum absolute atomic E-state index is 0.154. The molecule has 8 nitrogen and oxygen atoms in total. The predicted molar refractivity (Wildman–Crippen MR) is 91.6 cm³/mol. The summed E-state index contributed by atoms with van der Waals surface area (Å²) in [7, 11) is -1.65. The second-order valence-corrected chi connectivity index (χ2v) is 7.95. The van der Waals surface area contributed by atoms with E-state index in [1.165, 1.54) is 0 Å². The molecule has 1 aliphatic carbocycles. The van der Waals surface area contributed by atoms with Gasteiger partial charge in [0.05, 0.1) is 19.9 Å². The van der Waals surface area contributed by atoms with Crippen molar-refractivity contribution in [3.05, 3.63) is 40.9 Å². The lowest BCUT2D eigenvalue weighted by atomic mass is 9.92. The van der Waals surface area contributed by atoms with E-state index in [1.807, 2.05) is 12.1 Å². The van der Waals surface area contributed by atoms with Gasteiger partial charge >= 0.3 is 0 Å². The summed E-state index contributed by atoms with van der Waals surface area (Å²) < 4.78 is 35.7. The predicted octanol–water partition coefficient (Wildman–Crippen LogP) is 0.775. The van der Waals surface area contributed by atoms with Crippen LogP contribution in [0.3, 0.4) is 0 Å². The van der Waals surface area contributed by atoms with Crippen molar-refractivity contribution in [1.29, 1.82) is 0 Å². The molecule has 9 heteroatoms. The van der Waals surface area contributed by atoms with Gasteiger partial charge in [0, 0.05) is 36.3 Å². The Hall–Kier alpha value is -1.97. The molecule has 0 spiro atoms. The summed E-state index contributed by atoms with van der Waals surface area (Å²) in [5, 5.41) is 7.54. The van der Waals surface area contributed by atoms with Crippen LogP contribution in [0.15, 0.2) is 22.9 Å². The van der Waals surface area contributed by atoms with Crippen LogP contribution in [-0.4, -0.2) is 38.0 Å². The SMILES string of the molecule is COc1ncccc1CNC1CCc2onc(CNS(C)(=O)=O)c2C1. The molecule has 136 valence electrons. The first-order chi connectivity index (χ1) is 12.0. The Kier molecular flexibility index (Phi) is 5.36. The first-order valence-corrected chi connectivity index (χ1v) is 9.97. The van der Waals surface area contributed by atoms with Gasteiger partial charge < -0.3 is 14.6 Å². The molecule has 0 fully saturated rings. The van der Waals surface area contributed by atoms with E-state index in [0.29, 0.717) is 18.1 Å². The molecule has 0 radical (unpaired) electrons. The van der Waals surface area contributed by atoms with Crippen LogP contribution in [0.1, 0.15) is 29.0 Å². The van der Waals surface area contributed by atoms with Crippen LogP contribution in [0.2, 0.25) is 0 Å². The Labute approximate surface area is 147 Å². The number of nitrogens with one attached hydrogen (secondary N) is 2. The normalized spacial score (nSPS) is 17.3. The molecule has 0 aromatic carbocycles. The average molecular weight is 366 g/mol. The van der Waals surface area contributed by atoms with Crippen LogP contribution in [0.25, 0.3) is 0 Å². The number of ether oxygens (including phenoxy) is 1. The third-order valence-electron chi connectivity index (χ3n) is 4.25. The number of rotatable bonds is 7. The molecule has 1 aliphatic rings. The molecule has 2 aromatic rings. The van der Waals surface area contributed by atoms with Gasteiger partial charge in [-0.3, -0.25) is 0 Å². The highest BCUT2D eigenvalue weighted by Gasteiger charge is 2.26. The number of nitrogens with zero attached hydrogens (tertiary/aromatic N) is 2. The van der Waals surface area contributed by atoms with Crippen LogP contribution >= 0.6 is 0 Å². The minimum Gasteiger partial charge on any atom is -0.481 e. The smallest absolute Gasteiger partial charge is 0.217 e. The molecule has 0 bridgehead atoms. The quantitative estimate of drug-likeness (QED) is 0.745. The maximum atomic E-state index is 11.3. The van der Waals surface area contributed by atoms with Crippen LogP contribution in [0.4, 0.5) is 0 Å². The number of aromatic nitrogens is 2. The zero-order valence-corrected chi connectivity index (χ0v) is 15.1. The lowest BCUT2D eigenvalue weighted by molar-refractivity contribution is 0.349. The van der Waals surface area contributed by atoms with Gasteiger partial charge in [-0.05, 0) is 18.9 Å². The molecule has 0 saturated heterocycles. The molecule has 2 heterocycles. The summed E-state index contributed by atoms with van der Waals surface area (Å²) in [6, 6.07) is 4.12. The Morgan fingerprint density at radius 2 is 2.24 bits per heavy atom. The van der Waals surface area contributed by atoms with Gasteiger partial charge in [-0.1, -0.05) is 11.2 Å². The highest BCUT2D eigenvalue weighted by molar-refractivity contribution is 7.88.